The van der Waals surface area contributed by atoms with E-state index in [0.29, 0.717) is 11.4 Å². The number of hydrogen-bond acceptors (Lipinski definition) is 3. The Balaban J connectivity index is 1.94. The largest absolute Gasteiger partial charge is 0.478 e. The lowest BCUT2D eigenvalue weighted by atomic mass is 10.2. The zero-order valence-electron chi connectivity index (χ0n) is 11.2. The standard InChI is InChI=1S/C16H14N2O3/c19-15(11-14-3-1-2-10-17-14)18-13-7-4-12(5-8-13)6-9-16(20)21/h1-10H,11H2,(H,18,19)(H,20,21). The van der Waals surface area contributed by atoms with Gasteiger partial charge in [0.2, 0.25) is 5.91 Å². The van der Waals surface area contributed by atoms with E-state index in [-0.39, 0.29) is 12.3 Å². The van der Waals surface area contributed by atoms with Crippen molar-refractivity contribution in [2.45, 2.75) is 6.42 Å². The zero-order valence-corrected chi connectivity index (χ0v) is 11.2. The van der Waals surface area contributed by atoms with Crippen molar-refractivity contribution < 1.29 is 14.7 Å². The van der Waals surface area contributed by atoms with Crippen LogP contribution in [0.2, 0.25) is 0 Å². The number of rotatable bonds is 5. The predicted octanol–water partition coefficient (Wildman–Crippen LogP) is 2.36. The van der Waals surface area contributed by atoms with Gasteiger partial charge in [-0.05, 0) is 35.9 Å². The van der Waals surface area contributed by atoms with E-state index < -0.39 is 5.97 Å². The molecule has 1 amide bonds. The highest BCUT2D eigenvalue weighted by Crippen LogP contribution is 2.11. The summed E-state index contributed by atoms with van der Waals surface area (Å²) in [5, 5.41) is 11.3. The first-order chi connectivity index (χ1) is 10.1. The number of pyridine rings is 1. The van der Waals surface area contributed by atoms with Gasteiger partial charge < -0.3 is 10.4 Å². The number of benzene rings is 1. The van der Waals surface area contributed by atoms with Gasteiger partial charge in [0.1, 0.15) is 0 Å². The first-order valence-electron chi connectivity index (χ1n) is 6.34. The van der Waals surface area contributed by atoms with Crippen molar-refractivity contribution in [1.29, 1.82) is 0 Å². The topological polar surface area (TPSA) is 79.3 Å². The molecule has 0 aliphatic carbocycles. The minimum Gasteiger partial charge on any atom is -0.478 e. The molecular weight excluding hydrogens is 268 g/mol. The van der Waals surface area contributed by atoms with Crippen molar-refractivity contribution in [2.24, 2.45) is 0 Å². The van der Waals surface area contributed by atoms with Gasteiger partial charge in [-0.2, -0.15) is 0 Å². The Bertz CT molecular complexity index is 649. The fourth-order valence-corrected chi connectivity index (χ4v) is 1.72. The fourth-order valence-electron chi connectivity index (χ4n) is 1.72. The smallest absolute Gasteiger partial charge is 0.328 e. The average Bonchev–Trinajstić information content (AvgIpc) is 2.47. The second-order valence-electron chi connectivity index (χ2n) is 4.34. The highest BCUT2D eigenvalue weighted by atomic mass is 16.4. The summed E-state index contributed by atoms with van der Waals surface area (Å²) in [5.41, 5.74) is 2.11. The molecule has 0 saturated heterocycles. The number of carbonyl (C=O) groups excluding carboxylic acids is 1. The third-order valence-corrected chi connectivity index (χ3v) is 2.68. The van der Waals surface area contributed by atoms with Crippen molar-refractivity contribution in [3.8, 4) is 0 Å². The van der Waals surface area contributed by atoms with Gasteiger partial charge in [0.05, 0.1) is 6.42 Å². The number of carboxylic acids is 1. The molecular formula is C16H14N2O3. The van der Waals surface area contributed by atoms with Crippen LogP contribution in [0.1, 0.15) is 11.3 Å². The molecule has 0 atom stereocenters. The number of nitrogens with one attached hydrogen (secondary N) is 1. The molecule has 2 N–H and O–H groups in total. The maximum atomic E-state index is 11.8. The highest BCUT2D eigenvalue weighted by Gasteiger charge is 2.04. The number of amides is 1. The Morgan fingerprint density at radius 1 is 1.14 bits per heavy atom. The van der Waals surface area contributed by atoms with Crippen LogP contribution in [-0.2, 0) is 16.0 Å². The third-order valence-electron chi connectivity index (χ3n) is 2.68. The molecule has 0 unspecified atom stereocenters. The first-order valence-corrected chi connectivity index (χ1v) is 6.34. The van der Waals surface area contributed by atoms with Gasteiger partial charge in [-0.1, -0.05) is 18.2 Å². The van der Waals surface area contributed by atoms with Gasteiger partial charge in [0.25, 0.3) is 0 Å². The maximum absolute atomic E-state index is 11.8. The maximum Gasteiger partial charge on any atom is 0.328 e. The van der Waals surface area contributed by atoms with E-state index in [1.54, 1.807) is 42.6 Å². The number of aliphatic carboxylic acids is 1. The summed E-state index contributed by atoms with van der Waals surface area (Å²) in [5.74, 6) is -1.15. The van der Waals surface area contributed by atoms with Gasteiger partial charge in [-0.15, -0.1) is 0 Å². The van der Waals surface area contributed by atoms with E-state index in [4.69, 9.17) is 5.11 Å². The summed E-state index contributed by atoms with van der Waals surface area (Å²) in [7, 11) is 0. The van der Waals surface area contributed by atoms with Crippen LogP contribution in [-0.4, -0.2) is 22.0 Å². The molecule has 21 heavy (non-hydrogen) atoms. The highest BCUT2D eigenvalue weighted by molar-refractivity contribution is 5.92. The molecule has 5 nitrogen and oxygen atoms in total. The number of aromatic nitrogens is 1. The van der Waals surface area contributed by atoms with E-state index in [2.05, 4.69) is 10.3 Å². The van der Waals surface area contributed by atoms with Gasteiger partial charge >= 0.3 is 5.97 Å². The molecule has 1 aromatic carbocycles. The molecule has 2 aromatic rings. The molecule has 1 aromatic heterocycles. The van der Waals surface area contributed by atoms with Gasteiger partial charge in [0.15, 0.2) is 0 Å². The van der Waals surface area contributed by atoms with E-state index >= 15 is 0 Å². The second-order valence-corrected chi connectivity index (χ2v) is 4.34. The van der Waals surface area contributed by atoms with E-state index in [0.717, 1.165) is 11.6 Å². The van der Waals surface area contributed by atoms with E-state index in [9.17, 15) is 9.59 Å². The Labute approximate surface area is 122 Å². The van der Waals surface area contributed by atoms with Crippen LogP contribution in [0.25, 0.3) is 6.08 Å². The molecule has 0 radical (unpaired) electrons. The zero-order chi connectivity index (χ0) is 15.1. The van der Waals surface area contributed by atoms with Crippen LogP contribution >= 0.6 is 0 Å². The summed E-state index contributed by atoms with van der Waals surface area (Å²) < 4.78 is 0. The minimum atomic E-state index is -0.997. The van der Waals surface area contributed by atoms with Crippen LogP contribution in [0.4, 0.5) is 5.69 Å². The number of nitrogens with zero attached hydrogens (tertiary/aromatic N) is 1. The molecule has 5 heteroatoms. The van der Waals surface area contributed by atoms with Crippen molar-refractivity contribution in [1.82, 2.24) is 4.98 Å². The summed E-state index contributed by atoms with van der Waals surface area (Å²) in [4.78, 5) is 26.3. The van der Waals surface area contributed by atoms with E-state index in [1.807, 2.05) is 6.07 Å². The number of carbonyl (C=O) groups is 2. The summed E-state index contributed by atoms with van der Waals surface area (Å²) in [6, 6.07) is 12.3. The summed E-state index contributed by atoms with van der Waals surface area (Å²) in [6.45, 7) is 0. The normalized spacial score (nSPS) is 10.5. The quantitative estimate of drug-likeness (QED) is 0.825. The van der Waals surface area contributed by atoms with Crippen LogP contribution < -0.4 is 5.32 Å². The van der Waals surface area contributed by atoms with Crippen molar-refractivity contribution in [3.05, 3.63) is 66.0 Å². The Kier molecular flexibility index (Phi) is 4.82. The third kappa shape index (κ3) is 4.91. The lowest BCUT2D eigenvalue weighted by molar-refractivity contribution is -0.131. The number of hydrogen-bond donors (Lipinski definition) is 2. The molecule has 1 heterocycles. The van der Waals surface area contributed by atoms with Crippen molar-refractivity contribution in [2.75, 3.05) is 5.32 Å². The second kappa shape index (κ2) is 7.00. The first kappa shape index (κ1) is 14.5. The van der Waals surface area contributed by atoms with Crippen LogP contribution in [0.15, 0.2) is 54.7 Å². The van der Waals surface area contributed by atoms with Gasteiger partial charge in [-0.25, -0.2) is 4.79 Å². The monoisotopic (exact) mass is 282 g/mol. The van der Waals surface area contributed by atoms with Crippen LogP contribution in [0.5, 0.6) is 0 Å². The summed E-state index contributed by atoms with van der Waals surface area (Å²) >= 11 is 0. The molecule has 0 saturated carbocycles. The lowest BCUT2D eigenvalue weighted by Crippen LogP contribution is -2.14. The van der Waals surface area contributed by atoms with Crippen molar-refractivity contribution in [3.63, 3.8) is 0 Å². The lowest BCUT2D eigenvalue weighted by Gasteiger charge is -2.05. The molecule has 106 valence electrons. The molecule has 0 fully saturated rings. The van der Waals surface area contributed by atoms with E-state index in [1.165, 1.54) is 6.08 Å². The Morgan fingerprint density at radius 2 is 1.90 bits per heavy atom. The molecule has 2 rings (SSSR count). The van der Waals surface area contributed by atoms with Crippen molar-refractivity contribution >= 4 is 23.6 Å². The number of carboxylic acid groups (broad SMARTS) is 1. The molecule has 0 aliphatic rings. The SMILES string of the molecule is O=C(O)C=Cc1ccc(NC(=O)Cc2ccccn2)cc1. The number of anilines is 1. The van der Waals surface area contributed by atoms with Gasteiger partial charge in [-0.3, -0.25) is 9.78 Å². The minimum absolute atomic E-state index is 0.150. The average molecular weight is 282 g/mol. The summed E-state index contributed by atoms with van der Waals surface area (Å²) in [6.07, 6.45) is 4.41. The predicted molar refractivity (Wildman–Crippen MR) is 79.7 cm³/mol. The van der Waals surface area contributed by atoms with Gasteiger partial charge in [0, 0.05) is 23.7 Å². The Morgan fingerprint density at radius 3 is 2.52 bits per heavy atom. The fraction of sp³-hybridized carbons (Fsp3) is 0.0625. The molecule has 0 bridgehead atoms. The van der Waals surface area contributed by atoms with Crippen LogP contribution in [0, 0.1) is 0 Å². The Hall–Kier alpha value is -2.95. The van der Waals surface area contributed by atoms with Crippen LogP contribution in [0.3, 0.4) is 0 Å². The molecule has 0 aliphatic heterocycles. The molecule has 0 spiro atoms.